The number of esters is 2. The third-order valence-electron chi connectivity index (χ3n) is 5.19. The van der Waals surface area contributed by atoms with Crippen molar-refractivity contribution in [1.82, 2.24) is 0 Å². The Kier molecular flexibility index (Phi) is 3.71. The Balaban J connectivity index is 2.19. The molecule has 7 heteroatoms. The highest BCUT2D eigenvalue weighted by atomic mass is 17.1. The lowest BCUT2D eigenvalue weighted by Gasteiger charge is -2.40. The highest BCUT2D eigenvalue weighted by Crippen LogP contribution is 2.53. The lowest BCUT2D eigenvalue weighted by atomic mass is 9.73. The third kappa shape index (κ3) is 2.16. The van der Waals surface area contributed by atoms with E-state index in [0.717, 1.165) is 0 Å². The third-order valence-corrected chi connectivity index (χ3v) is 5.19. The molecule has 0 aromatic rings. The molecule has 1 aliphatic heterocycles. The van der Waals surface area contributed by atoms with Gasteiger partial charge in [0, 0.05) is 12.5 Å². The van der Waals surface area contributed by atoms with E-state index in [1.165, 1.54) is 19.1 Å². The van der Waals surface area contributed by atoms with Crippen LogP contribution >= 0.6 is 0 Å². The summed E-state index contributed by atoms with van der Waals surface area (Å²) in [5.41, 5.74) is -2.09. The van der Waals surface area contributed by atoms with Crippen LogP contribution in [0.15, 0.2) is 36.0 Å². The Morgan fingerprint density at radius 3 is 2.67 bits per heavy atom. The molecule has 1 fully saturated rings. The van der Waals surface area contributed by atoms with Crippen molar-refractivity contribution < 1.29 is 34.3 Å². The van der Waals surface area contributed by atoms with E-state index in [2.05, 4.69) is 6.58 Å². The fraction of sp³-hybridized carbons (Fsp3) is 0.529. The predicted molar refractivity (Wildman–Crippen MR) is 81.5 cm³/mol. The van der Waals surface area contributed by atoms with E-state index in [1.807, 2.05) is 0 Å². The molecule has 3 aliphatic rings. The van der Waals surface area contributed by atoms with Gasteiger partial charge in [0.25, 0.3) is 0 Å². The molecule has 0 unspecified atom stereocenters. The molecule has 2 N–H and O–H groups in total. The number of carbonyl (C=O) groups excluding carboxylic acids is 2. The normalized spacial score (nSPS) is 43.6. The van der Waals surface area contributed by atoms with Gasteiger partial charge in [-0.1, -0.05) is 12.7 Å². The molecular formula is C17H20O7. The molecule has 0 amide bonds. The van der Waals surface area contributed by atoms with Crippen molar-refractivity contribution in [1.29, 1.82) is 0 Å². The minimum Gasteiger partial charge on any atom is -0.458 e. The van der Waals surface area contributed by atoms with Crippen LogP contribution in [0, 0.1) is 11.8 Å². The smallest absolute Gasteiger partial charge is 0.334 e. The van der Waals surface area contributed by atoms with Gasteiger partial charge >= 0.3 is 11.9 Å². The molecule has 1 saturated heterocycles. The first-order valence-electron chi connectivity index (χ1n) is 7.65. The van der Waals surface area contributed by atoms with Crippen molar-refractivity contribution in [3.63, 3.8) is 0 Å². The second-order valence-corrected chi connectivity index (χ2v) is 6.77. The molecule has 1 heterocycles. The zero-order valence-electron chi connectivity index (χ0n) is 13.7. The molecule has 7 nitrogen and oxygen atoms in total. The van der Waals surface area contributed by atoms with Gasteiger partial charge in [-0.15, -0.1) is 0 Å². The number of ether oxygens (including phenoxy) is 2. The largest absolute Gasteiger partial charge is 0.458 e. The zero-order chi connectivity index (χ0) is 17.9. The molecule has 3 rings (SSSR count). The van der Waals surface area contributed by atoms with E-state index in [9.17, 15) is 20.0 Å². The number of fused-ring (bicyclic) bond motifs is 3. The van der Waals surface area contributed by atoms with Crippen LogP contribution in [0.2, 0.25) is 0 Å². The van der Waals surface area contributed by atoms with Crippen molar-refractivity contribution in [2.75, 3.05) is 0 Å². The Morgan fingerprint density at radius 1 is 1.42 bits per heavy atom. The Labute approximate surface area is 139 Å². The van der Waals surface area contributed by atoms with Crippen LogP contribution in [0.4, 0.5) is 0 Å². The van der Waals surface area contributed by atoms with E-state index in [4.69, 9.17) is 14.4 Å². The second kappa shape index (κ2) is 5.27. The van der Waals surface area contributed by atoms with Crippen molar-refractivity contribution in [2.24, 2.45) is 11.8 Å². The van der Waals surface area contributed by atoms with Gasteiger partial charge in [0.1, 0.15) is 12.2 Å². The molecule has 0 bridgehead atoms. The van der Waals surface area contributed by atoms with E-state index in [1.54, 1.807) is 19.9 Å². The Hall–Kier alpha value is -1.96. The van der Waals surface area contributed by atoms with Crippen molar-refractivity contribution in [3.05, 3.63) is 36.0 Å². The van der Waals surface area contributed by atoms with Gasteiger partial charge in [0.05, 0.1) is 17.4 Å². The van der Waals surface area contributed by atoms with E-state index in [0.29, 0.717) is 5.57 Å². The van der Waals surface area contributed by atoms with Gasteiger partial charge in [-0.05, 0) is 31.6 Å². The summed E-state index contributed by atoms with van der Waals surface area (Å²) in [6.07, 6.45) is 2.96. The summed E-state index contributed by atoms with van der Waals surface area (Å²) in [4.78, 5) is 28.3. The van der Waals surface area contributed by atoms with Crippen LogP contribution in [0.1, 0.15) is 20.8 Å². The van der Waals surface area contributed by atoms with Gasteiger partial charge in [-0.25, -0.2) is 9.68 Å². The molecule has 0 aromatic heterocycles. The van der Waals surface area contributed by atoms with Crippen LogP contribution in [0.3, 0.4) is 0 Å². The van der Waals surface area contributed by atoms with Gasteiger partial charge in [-0.3, -0.25) is 10.1 Å². The molecule has 24 heavy (non-hydrogen) atoms. The topological polar surface area (TPSA) is 102 Å². The monoisotopic (exact) mass is 336 g/mol. The summed E-state index contributed by atoms with van der Waals surface area (Å²) in [7, 11) is 0. The maximum absolute atomic E-state index is 12.1. The minimum absolute atomic E-state index is 0.159. The predicted octanol–water partition coefficient (Wildman–Crippen LogP) is 1.14. The summed E-state index contributed by atoms with van der Waals surface area (Å²) in [5, 5.41) is 20.4. The number of carbonyl (C=O) groups is 2. The van der Waals surface area contributed by atoms with E-state index in [-0.39, 0.29) is 5.57 Å². The first-order valence-corrected chi connectivity index (χ1v) is 7.65. The maximum atomic E-state index is 12.1. The summed E-state index contributed by atoms with van der Waals surface area (Å²) in [5.74, 6) is -2.64. The number of hydrogen-bond acceptors (Lipinski definition) is 7. The summed E-state index contributed by atoms with van der Waals surface area (Å²) >= 11 is 0. The molecule has 0 aromatic carbocycles. The lowest BCUT2D eigenvalue weighted by molar-refractivity contribution is -0.321. The van der Waals surface area contributed by atoms with Gasteiger partial charge in [-0.2, -0.15) is 0 Å². The van der Waals surface area contributed by atoms with Crippen LogP contribution in [-0.2, 0) is 24.0 Å². The molecule has 0 spiro atoms. The fourth-order valence-electron chi connectivity index (χ4n) is 4.09. The first kappa shape index (κ1) is 16.9. The fourth-order valence-corrected chi connectivity index (χ4v) is 4.09. The lowest BCUT2D eigenvalue weighted by Crippen LogP contribution is -2.53. The number of hydrogen-bond donors (Lipinski definition) is 2. The van der Waals surface area contributed by atoms with Gasteiger partial charge in [0.2, 0.25) is 0 Å². The number of aliphatic hydroxyl groups is 1. The quantitative estimate of drug-likeness (QED) is 0.256. The van der Waals surface area contributed by atoms with Crippen LogP contribution in [-0.4, -0.2) is 45.7 Å². The molecule has 0 saturated carbocycles. The standard InChI is InChI=1S/C17H20O7/c1-8-7-11(22-10(3)18)12-9(2)15(19)23-13(12)14-16(4,20)5-6-17(8,14)24-21/h5-7,11-14,20-21H,2H2,1,3-4H3/t11-,12+,13-,14-,16-,17+/m0/s1. The molecule has 6 atom stereocenters. The highest BCUT2D eigenvalue weighted by molar-refractivity contribution is 5.91. The van der Waals surface area contributed by atoms with Gasteiger partial charge < -0.3 is 14.6 Å². The average Bonchev–Trinajstić information content (AvgIpc) is 2.88. The SMILES string of the molecule is C=C1C(=O)O[C@H]2[C@H]1[C@@H](OC(C)=O)C=C(C)[C@]1(OO)C=C[C@](C)(O)[C@H]21. The van der Waals surface area contributed by atoms with Crippen LogP contribution in [0.25, 0.3) is 0 Å². The van der Waals surface area contributed by atoms with Gasteiger partial charge in [0.15, 0.2) is 5.60 Å². The molecule has 2 aliphatic carbocycles. The summed E-state index contributed by atoms with van der Waals surface area (Å²) in [6.45, 7) is 8.25. The summed E-state index contributed by atoms with van der Waals surface area (Å²) in [6, 6.07) is 0. The molecule has 0 radical (unpaired) electrons. The van der Waals surface area contributed by atoms with Crippen molar-refractivity contribution in [2.45, 2.75) is 44.2 Å². The van der Waals surface area contributed by atoms with Crippen LogP contribution < -0.4 is 0 Å². The summed E-state index contributed by atoms with van der Waals surface area (Å²) < 4.78 is 10.8. The first-order chi connectivity index (χ1) is 11.1. The Morgan fingerprint density at radius 2 is 2.08 bits per heavy atom. The Bertz CT molecular complexity index is 674. The second-order valence-electron chi connectivity index (χ2n) is 6.77. The van der Waals surface area contributed by atoms with Crippen LogP contribution in [0.5, 0.6) is 0 Å². The maximum Gasteiger partial charge on any atom is 0.334 e. The molecular weight excluding hydrogens is 316 g/mol. The molecule has 130 valence electrons. The highest BCUT2D eigenvalue weighted by Gasteiger charge is 2.64. The van der Waals surface area contributed by atoms with E-state index >= 15 is 0 Å². The number of rotatable bonds is 2. The van der Waals surface area contributed by atoms with E-state index < -0.39 is 47.2 Å². The minimum atomic E-state index is -1.41. The van der Waals surface area contributed by atoms with Crippen molar-refractivity contribution in [3.8, 4) is 0 Å². The van der Waals surface area contributed by atoms with Crippen molar-refractivity contribution >= 4 is 11.9 Å². The average molecular weight is 336 g/mol. The zero-order valence-corrected chi connectivity index (χ0v) is 13.7.